The van der Waals surface area contributed by atoms with Gasteiger partial charge < -0.3 is 19.0 Å². The standard InChI is InChI=1S/C30H27F4N5O2/c1-39-16-36-38-28(39)22-14-20(31)9-10-21(22)18-5-3-6-19(13-18)29-37-25-12-17(11-23(27(25)41-29)30(32,33)34)15-35-24-7-4-8-26(24)40-2/h3,5-6,9-14,16,24,26,35H,4,7-8,15H2,1-2H3/t24-,26-/m0/s1. The fourth-order valence-corrected chi connectivity index (χ4v) is 5.52. The minimum atomic E-state index is -4.63. The van der Waals surface area contributed by atoms with Crippen LogP contribution in [0.1, 0.15) is 30.4 Å². The molecule has 7 nitrogen and oxygen atoms in total. The fourth-order valence-electron chi connectivity index (χ4n) is 5.52. The summed E-state index contributed by atoms with van der Waals surface area (Å²) in [6, 6.07) is 14.2. The minimum absolute atomic E-state index is 0.0436. The van der Waals surface area contributed by atoms with Gasteiger partial charge in [-0.15, -0.1) is 10.2 Å². The molecule has 0 aliphatic heterocycles. The van der Waals surface area contributed by atoms with Crippen LogP contribution in [0.2, 0.25) is 0 Å². The van der Waals surface area contributed by atoms with Crippen LogP contribution >= 0.6 is 0 Å². The highest BCUT2D eigenvalue weighted by molar-refractivity contribution is 5.84. The second-order valence-corrected chi connectivity index (χ2v) is 10.2. The van der Waals surface area contributed by atoms with E-state index in [0.29, 0.717) is 33.6 Å². The number of alkyl halides is 3. The van der Waals surface area contributed by atoms with Crippen molar-refractivity contribution in [3.05, 3.63) is 77.9 Å². The average Bonchev–Trinajstić information content (AvgIpc) is 3.70. The van der Waals surface area contributed by atoms with Crippen molar-refractivity contribution in [3.63, 3.8) is 0 Å². The lowest BCUT2D eigenvalue weighted by atomic mass is 9.97. The van der Waals surface area contributed by atoms with Crippen LogP contribution in [0.15, 0.2) is 65.3 Å². The molecule has 2 atom stereocenters. The van der Waals surface area contributed by atoms with E-state index in [4.69, 9.17) is 9.15 Å². The highest BCUT2D eigenvalue weighted by Crippen LogP contribution is 2.39. The number of methoxy groups -OCH3 is 1. The monoisotopic (exact) mass is 565 g/mol. The largest absolute Gasteiger partial charge is 0.435 e. The predicted molar refractivity (Wildman–Crippen MR) is 145 cm³/mol. The molecule has 0 amide bonds. The van der Waals surface area contributed by atoms with Gasteiger partial charge in [0.05, 0.1) is 6.10 Å². The number of benzene rings is 3. The third-order valence-electron chi connectivity index (χ3n) is 7.53. The number of hydrogen-bond acceptors (Lipinski definition) is 6. The summed E-state index contributed by atoms with van der Waals surface area (Å²) >= 11 is 0. The molecule has 1 N–H and O–H groups in total. The van der Waals surface area contributed by atoms with E-state index in [-0.39, 0.29) is 35.7 Å². The molecule has 0 unspecified atom stereocenters. The number of fused-ring (bicyclic) bond motifs is 1. The molecule has 6 rings (SSSR count). The van der Waals surface area contributed by atoms with Gasteiger partial charge in [0.1, 0.15) is 23.2 Å². The van der Waals surface area contributed by atoms with E-state index in [1.165, 1.54) is 18.5 Å². The zero-order valence-electron chi connectivity index (χ0n) is 22.4. The highest BCUT2D eigenvalue weighted by atomic mass is 19.4. The van der Waals surface area contributed by atoms with E-state index < -0.39 is 17.6 Å². The molecule has 212 valence electrons. The molecule has 1 aliphatic carbocycles. The van der Waals surface area contributed by atoms with Gasteiger partial charge in [-0.25, -0.2) is 9.37 Å². The SMILES string of the molecule is CO[C@H]1CCC[C@@H]1NCc1cc(C(F)(F)F)c2oc(-c3cccc(-c4ccc(F)cc4-c4nncn4C)c3)nc2c1. The highest BCUT2D eigenvalue weighted by Gasteiger charge is 2.36. The van der Waals surface area contributed by atoms with E-state index in [1.807, 2.05) is 6.07 Å². The maximum Gasteiger partial charge on any atom is 0.420 e. The van der Waals surface area contributed by atoms with Crippen molar-refractivity contribution in [2.75, 3.05) is 7.11 Å². The van der Waals surface area contributed by atoms with Crippen LogP contribution in [0.3, 0.4) is 0 Å². The topological polar surface area (TPSA) is 78.0 Å². The van der Waals surface area contributed by atoms with Crippen molar-refractivity contribution in [1.29, 1.82) is 0 Å². The predicted octanol–water partition coefficient (Wildman–Crippen LogP) is 6.77. The van der Waals surface area contributed by atoms with Crippen molar-refractivity contribution in [3.8, 4) is 34.0 Å². The Hall–Kier alpha value is -4.09. The van der Waals surface area contributed by atoms with Gasteiger partial charge in [-0.3, -0.25) is 0 Å². The molecule has 1 fully saturated rings. The number of ether oxygens (including phenoxy) is 1. The Balaban J connectivity index is 1.38. The molecule has 11 heteroatoms. The number of nitrogens with zero attached hydrogens (tertiary/aromatic N) is 4. The summed E-state index contributed by atoms with van der Waals surface area (Å²) in [5, 5.41) is 11.3. The first-order valence-corrected chi connectivity index (χ1v) is 13.2. The molecule has 1 saturated carbocycles. The maximum atomic E-state index is 14.2. The second-order valence-electron chi connectivity index (χ2n) is 10.2. The molecular weight excluding hydrogens is 538 g/mol. The number of hydrogen-bond donors (Lipinski definition) is 1. The summed E-state index contributed by atoms with van der Waals surface area (Å²) in [5.41, 5.74) is 1.74. The zero-order valence-corrected chi connectivity index (χ0v) is 22.4. The lowest BCUT2D eigenvalue weighted by Gasteiger charge is -2.20. The first-order chi connectivity index (χ1) is 19.7. The first-order valence-electron chi connectivity index (χ1n) is 13.2. The molecule has 3 aromatic carbocycles. The van der Waals surface area contributed by atoms with Gasteiger partial charge >= 0.3 is 6.18 Å². The molecule has 0 radical (unpaired) electrons. The average molecular weight is 566 g/mol. The lowest BCUT2D eigenvalue weighted by Crippen LogP contribution is -2.36. The van der Waals surface area contributed by atoms with Crippen LogP contribution in [-0.4, -0.2) is 39.0 Å². The Morgan fingerprint density at radius 1 is 1.05 bits per heavy atom. The van der Waals surface area contributed by atoms with Crippen molar-refractivity contribution < 1.29 is 26.7 Å². The van der Waals surface area contributed by atoms with Gasteiger partial charge in [0.15, 0.2) is 11.4 Å². The van der Waals surface area contributed by atoms with E-state index in [1.54, 1.807) is 49.1 Å². The third kappa shape index (κ3) is 5.34. The molecule has 1 aliphatic rings. The maximum absolute atomic E-state index is 14.2. The first kappa shape index (κ1) is 27.1. The summed E-state index contributed by atoms with van der Waals surface area (Å²) in [6.07, 6.45) is -0.234. The Kier molecular flexibility index (Phi) is 7.08. The fraction of sp³-hybridized carbons (Fsp3) is 0.300. The van der Waals surface area contributed by atoms with E-state index in [2.05, 4.69) is 20.5 Å². The number of aryl methyl sites for hydroxylation is 1. The van der Waals surface area contributed by atoms with Gasteiger partial charge in [-0.05, 0) is 72.4 Å². The Morgan fingerprint density at radius 3 is 2.63 bits per heavy atom. The Morgan fingerprint density at radius 2 is 1.88 bits per heavy atom. The van der Waals surface area contributed by atoms with Crippen LogP contribution in [0.4, 0.5) is 17.6 Å². The van der Waals surface area contributed by atoms with E-state index in [9.17, 15) is 17.6 Å². The van der Waals surface area contributed by atoms with Gasteiger partial charge in [0.2, 0.25) is 5.89 Å². The number of oxazole rings is 1. The second kappa shape index (κ2) is 10.7. The Labute approximate surface area is 233 Å². The normalized spacial score (nSPS) is 17.5. The van der Waals surface area contributed by atoms with Crippen LogP contribution in [0.5, 0.6) is 0 Å². The zero-order chi connectivity index (χ0) is 28.7. The number of aromatic nitrogens is 4. The molecule has 0 spiro atoms. The van der Waals surface area contributed by atoms with Crippen molar-refractivity contribution in [2.24, 2.45) is 7.05 Å². The minimum Gasteiger partial charge on any atom is -0.435 e. The van der Waals surface area contributed by atoms with Crippen LogP contribution in [0.25, 0.3) is 45.1 Å². The lowest BCUT2D eigenvalue weighted by molar-refractivity contribution is -0.136. The van der Waals surface area contributed by atoms with E-state index >= 15 is 0 Å². The molecule has 0 saturated heterocycles. The summed E-state index contributed by atoms with van der Waals surface area (Å²) in [4.78, 5) is 4.46. The summed E-state index contributed by atoms with van der Waals surface area (Å²) in [6.45, 7) is 0.247. The molecule has 2 heterocycles. The molecule has 5 aromatic rings. The molecule has 41 heavy (non-hydrogen) atoms. The summed E-state index contributed by atoms with van der Waals surface area (Å²) < 4.78 is 69.5. The van der Waals surface area contributed by atoms with Crippen LogP contribution in [0, 0.1) is 5.82 Å². The molecular formula is C30H27F4N5O2. The molecule has 2 aromatic heterocycles. The number of halogens is 4. The van der Waals surface area contributed by atoms with Crippen molar-refractivity contribution in [1.82, 2.24) is 25.1 Å². The van der Waals surface area contributed by atoms with Crippen molar-refractivity contribution in [2.45, 2.75) is 44.1 Å². The van der Waals surface area contributed by atoms with Gasteiger partial charge in [0, 0.05) is 37.9 Å². The number of nitrogens with one attached hydrogen (secondary N) is 1. The molecule has 0 bridgehead atoms. The van der Waals surface area contributed by atoms with Gasteiger partial charge in [0.25, 0.3) is 0 Å². The summed E-state index contributed by atoms with van der Waals surface area (Å²) in [5.74, 6) is 0.0877. The van der Waals surface area contributed by atoms with Gasteiger partial charge in [-0.2, -0.15) is 13.2 Å². The number of rotatable bonds is 7. The van der Waals surface area contributed by atoms with Crippen molar-refractivity contribution >= 4 is 11.1 Å². The van der Waals surface area contributed by atoms with Gasteiger partial charge in [-0.1, -0.05) is 18.2 Å². The van der Waals surface area contributed by atoms with Crippen LogP contribution < -0.4 is 5.32 Å². The van der Waals surface area contributed by atoms with E-state index in [0.717, 1.165) is 25.3 Å². The Bertz CT molecular complexity index is 1710. The van der Waals surface area contributed by atoms with Crippen LogP contribution in [-0.2, 0) is 24.5 Å². The quantitative estimate of drug-likeness (QED) is 0.220. The third-order valence-corrected chi connectivity index (χ3v) is 7.53. The summed E-state index contributed by atoms with van der Waals surface area (Å²) in [7, 11) is 3.40. The smallest absolute Gasteiger partial charge is 0.420 e.